The van der Waals surface area contributed by atoms with Gasteiger partial charge in [0.25, 0.3) is 0 Å². The van der Waals surface area contributed by atoms with Crippen molar-refractivity contribution in [2.75, 3.05) is 13.1 Å². The van der Waals surface area contributed by atoms with Crippen LogP contribution in [0.3, 0.4) is 0 Å². The van der Waals surface area contributed by atoms with Gasteiger partial charge in [0.2, 0.25) is 0 Å². The zero-order chi connectivity index (χ0) is 12.8. The molecule has 4 atom stereocenters. The molecule has 0 aromatic carbocycles. The van der Waals surface area contributed by atoms with Crippen LogP contribution in [0, 0.1) is 0 Å². The average Bonchev–Trinajstić information content (AvgIpc) is 2.38. The Morgan fingerprint density at radius 2 is 1.06 bits per heavy atom. The molecule has 0 aromatic heterocycles. The van der Waals surface area contributed by atoms with Crippen LogP contribution in [0.5, 0.6) is 0 Å². The molecule has 2 fully saturated rings. The molecule has 2 saturated carbocycles. The molecule has 1 unspecified atom stereocenters. The van der Waals surface area contributed by atoms with E-state index in [1.165, 1.54) is 51.4 Å². The van der Waals surface area contributed by atoms with E-state index in [2.05, 4.69) is 10.6 Å². The summed E-state index contributed by atoms with van der Waals surface area (Å²) < 4.78 is 0. The summed E-state index contributed by atoms with van der Waals surface area (Å²) in [4.78, 5) is 0. The van der Waals surface area contributed by atoms with Crippen LogP contribution in [0.1, 0.15) is 51.4 Å². The molecule has 0 heterocycles. The minimum absolute atomic E-state index is 0.357. The highest BCUT2D eigenvalue weighted by Crippen LogP contribution is 2.17. The molecule has 0 amide bonds. The topological polar surface area (TPSA) is 76.1 Å². The van der Waals surface area contributed by atoms with Gasteiger partial charge in [-0.1, -0.05) is 25.7 Å². The SMILES string of the molecule is N[C@H]1CCCCC1NCCN[C@H]1CCCC[C@@H]1N. The summed E-state index contributed by atoms with van der Waals surface area (Å²) in [6.45, 7) is 2.03. The van der Waals surface area contributed by atoms with Crippen LogP contribution in [0.4, 0.5) is 0 Å². The summed E-state index contributed by atoms with van der Waals surface area (Å²) in [5.74, 6) is 0. The highest BCUT2D eigenvalue weighted by Gasteiger charge is 2.22. The number of rotatable bonds is 5. The van der Waals surface area contributed by atoms with Gasteiger partial charge in [-0.15, -0.1) is 0 Å². The second-order valence-electron chi connectivity index (χ2n) is 6.02. The molecular weight excluding hydrogens is 224 g/mol. The zero-order valence-corrected chi connectivity index (χ0v) is 11.5. The molecule has 2 aliphatic rings. The van der Waals surface area contributed by atoms with Crippen LogP contribution in [0.15, 0.2) is 0 Å². The maximum Gasteiger partial charge on any atom is 0.0219 e. The van der Waals surface area contributed by atoms with E-state index in [1.807, 2.05) is 0 Å². The fourth-order valence-electron chi connectivity index (χ4n) is 3.34. The van der Waals surface area contributed by atoms with Crippen LogP contribution >= 0.6 is 0 Å². The summed E-state index contributed by atoms with van der Waals surface area (Å²) in [5, 5.41) is 7.19. The van der Waals surface area contributed by atoms with Gasteiger partial charge in [0.1, 0.15) is 0 Å². The first-order valence-electron chi connectivity index (χ1n) is 7.75. The molecular formula is C14H30N4. The van der Waals surface area contributed by atoms with E-state index in [4.69, 9.17) is 11.5 Å². The van der Waals surface area contributed by atoms with E-state index in [1.54, 1.807) is 0 Å². The molecule has 0 bridgehead atoms. The number of hydrogen-bond acceptors (Lipinski definition) is 4. The summed E-state index contributed by atoms with van der Waals surface area (Å²) in [6, 6.07) is 1.77. The van der Waals surface area contributed by atoms with Crippen molar-refractivity contribution in [3.05, 3.63) is 0 Å². The van der Waals surface area contributed by atoms with Crippen molar-refractivity contribution in [2.45, 2.75) is 75.5 Å². The van der Waals surface area contributed by atoms with Crippen LogP contribution in [0.25, 0.3) is 0 Å². The molecule has 4 nitrogen and oxygen atoms in total. The van der Waals surface area contributed by atoms with Crippen molar-refractivity contribution in [1.82, 2.24) is 10.6 Å². The lowest BCUT2D eigenvalue weighted by Crippen LogP contribution is -2.51. The van der Waals surface area contributed by atoms with Crippen LogP contribution in [0.2, 0.25) is 0 Å². The molecule has 0 aromatic rings. The minimum Gasteiger partial charge on any atom is -0.326 e. The Morgan fingerprint density at radius 1 is 0.667 bits per heavy atom. The molecule has 4 heteroatoms. The van der Waals surface area contributed by atoms with Gasteiger partial charge in [-0.2, -0.15) is 0 Å². The second-order valence-corrected chi connectivity index (χ2v) is 6.02. The van der Waals surface area contributed by atoms with Gasteiger partial charge in [-0.25, -0.2) is 0 Å². The largest absolute Gasteiger partial charge is 0.326 e. The monoisotopic (exact) mass is 254 g/mol. The summed E-state index contributed by atoms with van der Waals surface area (Å²) in [5.41, 5.74) is 12.2. The molecule has 6 N–H and O–H groups in total. The van der Waals surface area contributed by atoms with Crippen molar-refractivity contribution in [3.8, 4) is 0 Å². The minimum atomic E-state index is 0.357. The van der Waals surface area contributed by atoms with Gasteiger partial charge in [0.15, 0.2) is 0 Å². The zero-order valence-electron chi connectivity index (χ0n) is 11.5. The van der Waals surface area contributed by atoms with Crippen molar-refractivity contribution >= 4 is 0 Å². The molecule has 0 spiro atoms. The highest BCUT2D eigenvalue weighted by atomic mass is 15.0. The van der Waals surface area contributed by atoms with Crippen LogP contribution in [-0.4, -0.2) is 37.3 Å². The van der Waals surface area contributed by atoms with Crippen molar-refractivity contribution < 1.29 is 0 Å². The second kappa shape index (κ2) is 7.43. The third-order valence-electron chi connectivity index (χ3n) is 4.58. The van der Waals surface area contributed by atoms with E-state index in [0.29, 0.717) is 24.2 Å². The molecule has 0 aliphatic heterocycles. The Balaban J connectivity index is 1.57. The molecule has 2 rings (SSSR count). The smallest absolute Gasteiger partial charge is 0.0219 e. The molecule has 106 valence electrons. The fourth-order valence-corrected chi connectivity index (χ4v) is 3.34. The summed E-state index contributed by atoms with van der Waals surface area (Å²) in [7, 11) is 0. The van der Waals surface area contributed by atoms with Crippen molar-refractivity contribution in [3.63, 3.8) is 0 Å². The van der Waals surface area contributed by atoms with Gasteiger partial charge >= 0.3 is 0 Å². The summed E-state index contributed by atoms with van der Waals surface area (Å²) in [6.07, 6.45) is 10.1. The Hall–Kier alpha value is -0.160. The summed E-state index contributed by atoms with van der Waals surface area (Å²) >= 11 is 0. The lowest BCUT2D eigenvalue weighted by molar-refractivity contribution is 0.306. The first-order chi connectivity index (χ1) is 8.77. The molecule has 18 heavy (non-hydrogen) atoms. The predicted molar refractivity (Wildman–Crippen MR) is 76.5 cm³/mol. The number of nitrogens with two attached hydrogens (primary N) is 2. The maximum absolute atomic E-state index is 6.12. The predicted octanol–water partition coefficient (Wildman–Crippen LogP) is 0.705. The van der Waals surface area contributed by atoms with E-state index >= 15 is 0 Å². The van der Waals surface area contributed by atoms with Crippen LogP contribution < -0.4 is 22.1 Å². The van der Waals surface area contributed by atoms with Gasteiger partial charge in [-0.3, -0.25) is 0 Å². The normalized spacial score (nSPS) is 37.7. The van der Waals surface area contributed by atoms with Gasteiger partial charge < -0.3 is 22.1 Å². The van der Waals surface area contributed by atoms with Gasteiger partial charge in [0.05, 0.1) is 0 Å². The van der Waals surface area contributed by atoms with Crippen LogP contribution in [-0.2, 0) is 0 Å². The fraction of sp³-hybridized carbons (Fsp3) is 1.00. The molecule has 2 aliphatic carbocycles. The quantitative estimate of drug-likeness (QED) is 0.545. The van der Waals surface area contributed by atoms with E-state index in [9.17, 15) is 0 Å². The van der Waals surface area contributed by atoms with Crippen molar-refractivity contribution in [2.24, 2.45) is 11.5 Å². The Morgan fingerprint density at radius 3 is 1.44 bits per heavy atom. The van der Waals surface area contributed by atoms with E-state index in [0.717, 1.165) is 13.1 Å². The lowest BCUT2D eigenvalue weighted by Gasteiger charge is -2.31. The Bertz CT molecular complexity index is 210. The van der Waals surface area contributed by atoms with E-state index < -0.39 is 0 Å². The van der Waals surface area contributed by atoms with Crippen molar-refractivity contribution in [1.29, 1.82) is 0 Å². The van der Waals surface area contributed by atoms with Gasteiger partial charge in [0, 0.05) is 37.3 Å². The average molecular weight is 254 g/mol. The number of hydrogen-bond donors (Lipinski definition) is 4. The van der Waals surface area contributed by atoms with Gasteiger partial charge in [-0.05, 0) is 25.7 Å². The number of nitrogens with one attached hydrogen (secondary N) is 2. The Labute approximate surface area is 111 Å². The van der Waals surface area contributed by atoms with E-state index in [-0.39, 0.29) is 0 Å². The molecule has 0 radical (unpaired) electrons. The lowest BCUT2D eigenvalue weighted by atomic mass is 9.90. The first kappa shape index (κ1) is 14.3. The molecule has 0 saturated heterocycles. The first-order valence-corrected chi connectivity index (χ1v) is 7.75. The highest BCUT2D eigenvalue weighted by molar-refractivity contribution is 4.86. The third-order valence-corrected chi connectivity index (χ3v) is 4.58. The third kappa shape index (κ3) is 4.19. The standard InChI is InChI=1S/C14H30N4/c15-11-5-1-3-7-13(11)17-9-10-18-14-8-4-2-6-12(14)16/h11-14,17-18H,1-10,15-16H2/t11-,12-,13-,14?/m0/s1. The Kier molecular flexibility index (Phi) is 5.89. The maximum atomic E-state index is 6.12.